The van der Waals surface area contributed by atoms with E-state index >= 15 is 0 Å². The largest absolute Gasteiger partial charge is 0.444 e. The molecule has 1 aromatic carbocycles. The summed E-state index contributed by atoms with van der Waals surface area (Å²) in [7, 11) is 0. The zero-order chi connectivity index (χ0) is 15.5. The minimum Gasteiger partial charge on any atom is -0.444 e. The number of benzene rings is 1. The predicted octanol–water partition coefficient (Wildman–Crippen LogP) is 2.96. The zero-order valence-corrected chi connectivity index (χ0v) is 13.3. The quantitative estimate of drug-likeness (QED) is 0.911. The molecule has 0 aliphatic carbocycles. The lowest BCUT2D eigenvalue weighted by molar-refractivity contribution is 0.0169. The molecular weight excluding hydrogens is 264 g/mol. The van der Waals surface area contributed by atoms with Crippen molar-refractivity contribution in [1.29, 1.82) is 0 Å². The first kappa shape index (κ1) is 15.8. The van der Waals surface area contributed by atoms with Crippen LogP contribution in [0.5, 0.6) is 0 Å². The molecule has 0 spiro atoms. The molecule has 1 aliphatic rings. The van der Waals surface area contributed by atoms with Crippen molar-refractivity contribution in [2.45, 2.75) is 51.2 Å². The Balaban J connectivity index is 1.89. The normalized spacial score (nSPS) is 18.4. The molecule has 0 atom stereocenters. The Kier molecular flexibility index (Phi) is 4.57. The molecule has 1 fully saturated rings. The van der Waals surface area contributed by atoms with E-state index < -0.39 is 5.60 Å². The van der Waals surface area contributed by atoms with Gasteiger partial charge in [-0.15, -0.1) is 0 Å². The summed E-state index contributed by atoms with van der Waals surface area (Å²) in [5.41, 5.74) is 7.09. The second-order valence-electron chi connectivity index (χ2n) is 6.99. The number of rotatable bonds is 2. The maximum absolute atomic E-state index is 12.0. The third kappa shape index (κ3) is 4.74. The third-order valence-corrected chi connectivity index (χ3v) is 3.81. The van der Waals surface area contributed by atoms with Gasteiger partial charge in [-0.2, -0.15) is 0 Å². The van der Waals surface area contributed by atoms with Crippen molar-refractivity contribution >= 4 is 6.09 Å². The fraction of sp³-hybridized carbons (Fsp3) is 0.588. The molecule has 0 aromatic heterocycles. The summed E-state index contributed by atoms with van der Waals surface area (Å²) in [5, 5.41) is 0. The van der Waals surface area contributed by atoms with E-state index in [1.54, 1.807) is 4.90 Å². The number of carbonyl (C=O) groups is 1. The van der Waals surface area contributed by atoms with E-state index in [9.17, 15) is 4.79 Å². The lowest BCUT2D eigenvalue weighted by Gasteiger charge is -2.39. The number of carbonyl (C=O) groups excluding carboxylic acids is 1. The van der Waals surface area contributed by atoms with Crippen LogP contribution in [0.2, 0.25) is 0 Å². The number of nitrogens with zero attached hydrogens (tertiary/aromatic N) is 1. The van der Waals surface area contributed by atoms with Crippen LogP contribution in [-0.4, -0.2) is 35.2 Å². The van der Waals surface area contributed by atoms with Gasteiger partial charge in [0, 0.05) is 18.6 Å². The lowest BCUT2D eigenvalue weighted by Crippen LogP contribution is -2.53. The topological polar surface area (TPSA) is 55.6 Å². The third-order valence-electron chi connectivity index (χ3n) is 3.81. The van der Waals surface area contributed by atoms with Crippen molar-refractivity contribution in [3.8, 4) is 0 Å². The van der Waals surface area contributed by atoms with Crippen molar-refractivity contribution in [3.63, 3.8) is 0 Å². The van der Waals surface area contributed by atoms with Crippen LogP contribution in [0.4, 0.5) is 4.79 Å². The summed E-state index contributed by atoms with van der Waals surface area (Å²) in [5.74, 6) is 0. The van der Waals surface area contributed by atoms with Gasteiger partial charge in [-0.1, -0.05) is 30.3 Å². The van der Waals surface area contributed by atoms with Gasteiger partial charge >= 0.3 is 6.09 Å². The van der Waals surface area contributed by atoms with Gasteiger partial charge in [0.05, 0.1) is 0 Å². The van der Waals surface area contributed by atoms with E-state index in [0.717, 1.165) is 19.3 Å². The Morgan fingerprint density at radius 2 is 1.81 bits per heavy atom. The standard InChI is InChI=1S/C17H26N2O2/c1-16(2,3)21-15(20)19-11-9-17(18,10-12-19)13-14-7-5-4-6-8-14/h4-8H,9-13,18H2,1-3H3. The average molecular weight is 290 g/mol. The number of ether oxygens (including phenoxy) is 1. The number of piperidine rings is 1. The van der Waals surface area contributed by atoms with Gasteiger partial charge in [0.15, 0.2) is 0 Å². The van der Waals surface area contributed by atoms with Crippen molar-refractivity contribution in [2.75, 3.05) is 13.1 Å². The predicted molar refractivity (Wildman–Crippen MR) is 84.1 cm³/mol. The summed E-state index contributed by atoms with van der Waals surface area (Å²) in [4.78, 5) is 13.8. The fourth-order valence-electron chi connectivity index (χ4n) is 2.64. The van der Waals surface area contributed by atoms with Crippen LogP contribution in [0.25, 0.3) is 0 Å². The molecule has 21 heavy (non-hydrogen) atoms. The first-order chi connectivity index (χ1) is 9.77. The lowest BCUT2D eigenvalue weighted by atomic mass is 9.83. The summed E-state index contributed by atoms with van der Waals surface area (Å²) in [6, 6.07) is 10.3. The SMILES string of the molecule is CC(C)(C)OC(=O)N1CCC(N)(Cc2ccccc2)CC1. The Labute approximate surface area is 127 Å². The fourth-order valence-corrected chi connectivity index (χ4v) is 2.64. The van der Waals surface area contributed by atoms with Gasteiger partial charge in [-0.3, -0.25) is 0 Å². The number of amides is 1. The van der Waals surface area contributed by atoms with Crippen LogP contribution < -0.4 is 5.73 Å². The molecule has 116 valence electrons. The zero-order valence-electron chi connectivity index (χ0n) is 13.3. The van der Waals surface area contributed by atoms with E-state index in [0.29, 0.717) is 13.1 Å². The maximum Gasteiger partial charge on any atom is 0.410 e. The van der Waals surface area contributed by atoms with Crippen molar-refractivity contribution in [1.82, 2.24) is 4.90 Å². The van der Waals surface area contributed by atoms with E-state index in [1.807, 2.05) is 39.0 Å². The van der Waals surface area contributed by atoms with Crippen LogP contribution in [0.15, 0.2) is 30.3 Å². The highest BCUT2D eigenvalue weighted by Gasteiger charge is 2.34. The van der Waals surface area contributed by atoms with Crippen LogP contribution in [0, 0.1) is 0 Å². The van der Waals surface area contributed by atoms with Gasteiger partial charge in [0.25, 0.3) is 0 Å². The molecule has 2 rings (SSSR count). The van der Waals surface area contributed by atoms with Gasteiger partial charge in [0.2, 0.25) is 0 Å². The van der Waals surface area contributed by atoms with Gasteiger partial charge in [-0.05, 0) is 45.6 Å². The van der Waals surface area contributed by atoms with Crippen LogP contribution in [-0.2, 0) is 11.2 Å². The smallest absolute Gasteiger partial charge is 0.410 e. The van der Waals surface area contributed by atoms with E-state index in [2.05, 4.69) is 12.1 Å². The minimum atomic E-state index is -0.446. The number of likely N-dealkylation sites (tertiary alicyclic amines) is 1. The van der Waals surface area contributed by atoms with Crippen molar-refractivity contribution in [2.24, 2.45) is 5.73 Å². The minimum absolute atomic E-state index is 0.222. The highest BCUT2D eigenvalue weighted by molar-refractivity contribution is 5.68. The molecule has 0 radical (unpaired) electrons. The Morgan fingerprint density at radius 3 is 2.33 bits per heavy atom. The highest BCUT2D eigenvalue weighted by Crippen LogP contribution is 2.25. The average Bonchev–Trinajstić information content (AvgIpc) is 2.38. The molecule has 1 aliphatic heterocycles. The first-order valence-corrected chi connectivity index (χ1v) is 7.58. The van der Waals surface area contributed by atoms with Crippen LogP contribution >= 0.6 is 0 Å². The molecule has 1 heterocycles. The molecule has 0 unspecified atom stereocenters. The van der Waals surface area contributed by atoms with Gasteiger partial charge < -0.3 is 15.4 Å². The molecule has 0 bridgehead atoms. The molecular formula is C17H26N2O2. The number of nitrogens with two attached hydrogens (primary N) is 1. The second kappa shape index (κ2) is 6.06. The van der Waals surface area contributed by atoms with E-state index in [4.69, 9.17) is 10.5 Å². The van der Waals surface area contributed by atoms with Crippen LogP contribution in [0.1, 0.15) is 39.2 Å². The molecule has 1 aromatic rings. The molecule has 1 amide bonds. The Bertz CT molecular complexity index is 471. The first-order valence-electron chi connectivity index (χ1n) is 7.58. The number of hydrogen-bond donors (Lipinski definition) is 1. The molecule has 2 N–H and O–H groups in total. The van der Waals surface area contributed by atoms with E-state index in [-0.39, 0.29) is 11.6 Å². The summed E-state index contributed by atoms with van der Waals surface area (Å²) in [6.45, 7) is 6.99. The summed E-state index contributed by atoms with van der Waals surface area (Å²) in [6.07, 6.45) is 2.24. The van der Waals surface area contributed by atoms with Crippen molar-refractivity contribution in [3.05, 3.63) is 35.9 Å². The summed E-state index contributed by atoms with van der Waals surface area (Å²) >= 11 is 0. The molecule has 1 saturated heterocycles. The molecule has 4 nitrogen and oxygen atoms in total. The number of hydrogen-bond acceptors (Lipinski definition) is 3. The highest BCUT2D eigenvalue weighted by atomic mass is 16.6. The Hall–Kier alpha value is -1.55. The van der Waals surface area contributed by atoms with Crippen molar-refractivity contribution < 1.29 is 9.53 Å². The van der Waals surface area contributed by atoms with E-state index in [1.165, 1.54) is 5.56 Å². The Morgan fingerprint density at radius 1 is 1.24 bits per heavy atom. The molecule has 4 heteroatoms. The van der Waals surface area contributed by atoms with Gasteiger partial charge in [0.1, 0.15) is 5.60 Å². The summed E-state index contributed by atoms with van der Waals surface area (Å²) < 4.78 is 5.41. The monoisotopic (exact) mass is 290 g/mol. The maximum atomic E-state index is 12.0. The van der Waals surface area contributed by atoms with Crippen LogP contribution in [0.3, 0.4) is 0 Å². The molecule has 0 saturated carbocycles. The van der Waals surface area contributed by atoms with Gasteiger partial charge in [-0.25, -0.2) is 4.79 Å². The second-order valence-corrected chi connectivity index (χ2v) is 6.99.